The molecule has 0 aromatic heterocycles. The summed E-state index contributed by atoms with van der Waals surface area (Å²) in [7, 11) is 0. The molecule has 2 amide bonds. The molecule has 0 saturated carbocycles. The number of carbonyl (C=O) groups is 3. The van der Waals surface area contributed by atoms with Gasteiger partial charge in [-0.1, -0.05) is 24.3 Å². The monoisotopic (exact) mass is 276 g/mol. The zero-order chi connectivity index (χ0) is 15.0. The van der Waals surface area contributed by atoms with E-state index in [1.165, 1.54) is 6.08 Å². The average Bonchev–Trinajstić information content (AvgIpc) is 2.45. The number of aliphatic carboxylic acids is 1. The van der Waals surface area contributed by atoms with Crippen molar-refractivity contribution in [2.24, 2.45) is 0 Å². The van der Waals surface area contributed by atoms with Crippen molar-refractivity contribution in [2.75, 3.05) is 6.54 Å². The van der Waals surface area contributed by atoms with Gasteiger partial charge in [0.2, 0.25) is 5.91 Å². The van der Waals surface area contributed by atoms with Gasteiger partial charge in [-0.2, -0.15) is 0 Å². The van der Waals surface area contributed by atoms with Crippen LogP contribution < -0.4 is 10.6 Å². The van der Waals surface area contributed by atoms with Crippen molar-refractivity contribution in [3.05, 3.63) is 48.6 Å². The normalized spacial score (nSPS) is 11.2. The fraction of sp³-hybridized carbons (Fsp3) is 0.214. The third-order valence-corrected chi connectivity index (χ3v) is 2.48. The van der Waals surface area contributed by atoms with Crippen molar-refractivity contribution < 1.29 is 19.5 Å². The highest BCUT2D eigenvalue weighted by Crippen LogP contribution is 1.97. The second kappa shape index (κ2) is 7.73. The molecule has 1 aromatic carbocycles. The van der Waals surface area contributed by atoms with Crippen molar-refractivity contribution in [3.8, 4) is 0 Å². The Kier molecular flexibility index (Phi) is 5.96. The lowest BCUT2D eigenvalue weighted by Crippen LogP contribution is -2.45. The first-order chi connectivity index (χ1) is 9.54. The van der Waals surface area contributed by atoms with Crippen molar-refractivity contribution in [1.29, 1.82) is 0 Å². The smallest absolute Gasteiger partial charge is 0.326 e. The second-order valence-corrected chi connectivity index (χ2v) is 4.03. The molecule has 0 unspecified atom stereocenters. The second-order valence-electron chi connectivity index (χ2n) is 4.03. The summed E-state index contributed by atoms with van der Waals surface area (Å²) in [5.41, 5.74) is 0.432. The topological polar surface area (TPSA) is 95.5 Å². The Labute approximate surface area is 116 Å². The number of hydrogen-bond donors (Lipinski definition) is 3. The highest BCUT2D eigenvalue weighted by atomic mass is 16.4. The van der Waals surface area contributed by atoms with Gasteiger partial charge < -0.3 is 15.7 Å². The number of hydrogen-bond acceptors (Lipinski definition) is 3. The van der Waals surface area contributed by atoms with Crippen LogP contribution in [0.5, 0.6) is 0 Å². The Balaban J connectivity index is 2.45. The lowest BCUT2D eigenvalue weighted by atomic mass is 10.2. The van der Waals surface area contributed by atoms with Crippen LogP contribution in [0.4, 0.5) is 0 Å². The molecular formula is C14H16N2O4. The minimum atomic E-state index is -1.15. The van der Waals surface area contributed by atoms with Gasteiger partial charge in [-0.3, -0.25) is 9.59 Å². The number of rotatable bonds is 7. The van der Waals surface area contributed by atoms with E-state index in [-0.39, 0.29) is 13.0 Å². The molecule has 0 spiro atoms. The molecular weight excluding hydrogens is 260 g/mol. The SMILES string of the molecule is C=CC[C@H](NC(=O)CNC(=O)c1ccccc1)C(=O)O. The number of nitrogens with one attached hydrogen (secondary N) is 2. The molecule has 20 heavy (non-hydrogen) atoms. The molecule has 1 aromatic rings. The summed E-state index contributed by atoms with van der Waals surface area (Å²) in [6.07, 6.45) is 1.52. The third kappa shape index (κ3) is 4.93. The van der Waals surface area contributed by atoms with E-state index < -0.39 is 23.8 Å². The van der Waals surface area contributed by atoms with E-state index in [1.807, 2.05) is 0 Å². The van der Waals surface area contributed by atoms with Gasteiger partial charge in [0.15, 0.2) is 0 Å². The summed E-state index contributed by atoms with van der Waals surface area (Å²) >= 11 is 0. The molecule has 0 bridgehead atoms. The van der Waals surface area contributed by atoms with Gasteiger partial charge >= 0.3 is 5.97 Å². The van der Waals surface area contributed by atoms with E-state index in [0.717, 1.165) is 0 Å². The highest BCUT2D eigenvalue weighted by Gasteiger charge is 2.18. The predicted molar refractivity (Wildman–Crippen MR) is 73.2 cm³/mol. The quantitative estimate of drug-likeness (QED) is 0.634. The first-order valence-electron chi connectivity index (χ1n) is 6.01. The first kappa shape index (κ1) is 15.4. The Morgan fingerprint density at radius 2 is 1.90 bits per heavy atom. The Hall–Kier alpha value is -2.63. The lowest BCUT2D eigenvalue weighted by Gasteiger charge is -2.12. The Bertz CT molecular complexity index is 499. The fourth-order valence-corrected chi connectivity index (χ4v) is 1.49. The molecule has 1 atom stereocenters. The largest absolute Gasteiger partial charge is 0.480 e. The number of amides is 2. The molecule has 0 saturated heterocycles. The first-order valence-corrected chi connectivity index (χ1v) is 6.01. The van der Waals surface area contributed by atoms with Crippen LogP contribution in [0.3, 0.4) is 0 Å². The van der Waals surface area contributed by atoms with E-state index in [4.69, 9.17) is 5.11 Å². The van der Waals surface area contributed by atoms with E-state index in [2.05, 4.69) is 17.2 Å². The molecule has 6 nitrogen and oxygen atoms in total. The van der Waals surface area contributed by atoms with Crippen molar-refractivity contribution in [2.45, 2.75) is 12.5 Å². The van der Waals surface area contributed by atoms with Crippen LogP contribution in [0.1, 0.15) is 16.8 Å². The van der Waals surface area contributed by atoms with Gasteiger partial charge in [-0.15, -0.1) is 6.58 Å². The summed E-state index contributed by atoms with van der Waals surface area (Å²) in [5.74, 6) is -2.10. The third-order valence-electron chi connectivity index (χ3n) is 2.48. The Morgan fingerprint density at radius 1 is 1.25 bits per heavy atom. The standard InChI is InChI=1S/C14H16N2O4/c1-2-6-11(14(19)20)16-12(17)9-15-13(18)10-7-4-3-5-8-10/h2-5,7-8,11H,1,6,9H2,(H,15,18)(H,16,17)(H,19,20)/t11-/m0/s1. The molecule has 0 aliphatic carbocycles. The minimum absolute atomic E-state index is 0.119. The molecule has 3 N–H and O–H groups in total. The van der Waals surface area contributed by atoms with Gasteiger partial charge in [0.05, 0.1) is 6.54 Å². The van der Waals surface area contributed by atoms with Crippen LogP contribution in [0.15, 0.2) is 43.0 Å². The lowest BCUT2D eigenvalue weighted by molar-refractivity contribution is -0.141. The fourth-order valence-electron chi connectivity index (χ4n) is 1.49. The summed E-state index contributed by atoms with van der Waals surface area (Å²) in [6, 6.07) is 7.39. The summed E-state index contributed by atoms with van der Waals surface area (Å²) < 4.78 is 0. The van der Waals surface area contributed by atoms with Gasteiger partial charge in [0, 0.05) is 5.56 Å². The summed E-state index contributed by atoms with van der Waals surface area (Å²) in [6.45, 7) is 3.14. The maximum Gasteiger partial charge on any atom is 0.326 e. The number of benzene rings is 1. The van der Waals surface area contributed by atoms with Crippen LogP contribution >= 0.6 is 0 Å². The van der Waals surface area contributed by atoms with E-state index >= 15 is 0 Å². The van der Waals surface area contributed by atoms with Crippen LogP contribution in [0.25, 0.3) is 0 Å². The van der Waals surface area contributed by atoms with Crippen molar-refractivity contribution in [1.82, 2.24) is 10.6 Å². The zero-order valence-corrected chi connectivity index (χ0v) is 10.8. The van der Waals surface area contributed by atoms with Crippen molar-refractivity contribution >= 4 is 17.8 Å². The summed E-state index contributed by atoms with van der Waals surface area (Å²) in [4.78, 5) is 34.1. The average molecular weight is 276 g/mol. The molecule has 0 heterocycles. The summed E-state index contributed by atoms with van der Waals surface area (Å²) in [5, 5.41) is 13.6. The van der Waals surface area contributed by atoms with Crippen LogP contribution in [-0.2, 0) is 9.59 Å². The van der Waals surface area contributed by atoms with Gasteiger partial charge in [0.1, 0.15) is 6.04 Å². The van der Waals surface area contributed by atoms with E-state index in [1.54, 1.807) is 30.3 Å². The molecule has 0 aliphatic rings. The highest BCUT2D eigenvalue weighted by molar-refractivity contribution is 5.96. The molecule has 1 rings (SSSR count). The number of carbonyl (C=O) groups excluding carboxylic acids is 2. The van der Waals surface area contributed by atoms with Crippen molar-refractivity contribution in [3.63, 3.8) is 0 Å². The van der Waals surface area contributed by atoms with Crippen LogP contribution in [-0.4, -0.2) is 35.5 Å². The van der Waals surface area contributed by atoms with Gasteiger partial charge in [0.25, 0.3) is 5.91 Å². The maximum absolute atomic E-state index is 11.7. The molecule has 106 valence electrons. The zero-order valence-electron chi connectivity index (χ0n) is 10.8. The predicted octanol–water partition coefficient (Wildman–Crippen LogP) is 0.562. The van der Waals surface area contributed by atoms with Gasteiger partial charge in [-0.25, -0.2) is 4.79 Å². The van der Waals surface area contributed by atoms with Crippen LogP contribution in [0, 0.1) is 0 Å². The Morgan fingerprint density at radius 3 is 2.45 bits per heavy atom. The number of carboxylic acids is 1. The molecule has 0 radical (unpaired) electrons. The van der Waals surface area contributed by atoms with Gasteiger partial charge in [-0.05, 0) is 18.6 Å². The minimum Gasteiger partial charge on any atom is -0.480 e. The molecule has 6 heteroatoms. The maximum atomic E-state index is 11.7. The van der Waals surface area contributed by atoms with Crippen LogP contribution in [0.2, 0.25) is 0 Å². The molecule has 0 fully saturated rings. The number of carboxylic acid groups (broad SMARTS) is 1. The molecule has 0 aliphatic heterocycles. The van der Waals surface area contributed by atoms with E-state index in [0.29, 0.717) is 5.56 Å². The van der Waals surface area contributed by atoms with E-state index in [9.17, 15) is 14.4 Å².